The zero-order valence-electron chi connectivity index (χ0n) is 13.0. The Morgan fingerprint density at radius 3 is 2.81 bits per heavy atom. The van der Waals surface area contributed by atoms with E-state index in [1.165, 1.54) is 7.11 Å². The summed E-state index contributed by atoms with van der Waals surface area (Å²) >= 11 is 0. The molecule has 1 aromatic rings. The molecule has 1 aromatic carbocycles. The predicted octanol–water partition coefficient (Wildman–Crippen LogP) is 0.975. The van der Waals surface area contributed by atoms with Gasteiger partial charge in [0.25, 0.3) is 0 Å². The Morgan fingerprint density at radius 2 is 2.14 bits per heavy atom. The van der Waals surface area contributed by atoms with Crippen LogP contribution in [0.2, 0.25) is 0 Å². The van der Waals surface area contributed by atoms with Crippen LogP contribution in [-0.2, 0) is 0 Å². The fraction of sp³-hybridized carbons (Fsp3) is 0.600. The minimum Gasteiger partial charge on any atom is -0.494 e. The highest BCUT2D eigenvalue weighted by Crippen LogP contribution is 2.29. The molecule has 1 saturated heterocycles. The molecule has 0 aliphatic carbocycles. The first-order valence-corrected chi connectivity index (χ1v) is 7.25. The summed E-state index contributed by atoms with van der Waals surface area (Å²) < 4.78 is 19.6. The summed E-state index contributed by atoms with van der Waals surface area (Å²) in [7, 11) is 5.62. The van der Waals surface area contributed by atoms with Gasteiger partial charge in [0.1, 0.15) is 0 Å². The van der Waals surface area contributed by atoms with Crippen LogP contribution in [-0.4, -0.2) is 56.7 Å². The van der Waals surface area contributed by atoms with E-state index in [1.807, 2.05) is 0 Å². The number of hydrogen-bond acceptors (Lipinski definition) is 5. The molecule has 6 heteroatoms. The van der Waals surface area contributed by atoms with Gasteiger partial charge in [0, 0.05) is 18.2 Å². The third kappa shape index (κ3) is 3.52. The van der Waals surface area contributed by atoms with Crippen molar-refractivity contribution in [1.29, 1.82) is 0 Å². The fourth-order valence-corrected chi connectivity index (χ4v) is 3.00. The van der Waals surface area contributed by atoms with E-state index >= 15 is 0 Å². The molecule has 3 N–H and O–H groups in total. The highest BCUT2D eigenvalue weighted by molar-refractivity contribution is 5.34. The summed E-state index contributed by atoms with van der Waals surface area (Å²) in [6, 6.07) is 4.99. The molecule has 0 radical (unpaired) electrons. The Kier molecular flexibility index (Phi) is 5.52. The van der Waals surface area contributed by atoms with Gasteiger partial charge in [-0.2, -0.15) is 0 Å². The number of nitrogens with zero attached hydrogens (tertiary/aromatic N) is 2. The first-order valence-electron chi connectivity index (χ1n) is 7.25. The molecule has 2 unspecified atom stereocenters. The number of nitrogens with one attached hydrogen (secondary N) is 1. The molecule has 0 aromatic heterocycles. The standard InChI is InChI=1S/C15H25FN4O/c1-19-8-5-9-20(2)12(10-19)15(18-17)11-6-4-7-13(21-3)14(11)16/h4,6-7,12,15,18H,5,8-10,17H2,1-3H3. The normalized spacial score (nSPS) is 22.8. The average Bonchev–Trinajstić information content (AvgIpc) is 2.63. The van der Waals surface area contributed by atoms with E-state index in [-0.39, 0.29) is 23.7 Å². The first-order chi connectivity index (χ1) is 10.1. The molecule has 21 heavy (non-hydrogen) atoms. The Balaban J connectivity index is 2.33. The van der Waals surface area contributed by atoms with Crippen LogP contribution >= 0.6 is 0 Å². The van der Waals surface area contributed by atoms with E-state index in [2.05, 4.69) is 29.3 Å². The molecule has 118 valence electrons. The molecule has 1 heterocycles. The largest absolute Gasteiger partial charge is 0.494 e. The van der Waals surface area contributed by atoms with Crippen LogP contribution in [0.4, 0.5) is 4.39 Å². The zero-order valence-corrected chi connectivity index (χ0v) is 13.0. The van der Waals surface area contributed by atoms with Crippen molar-refractivity contribution in [1.82, 2.24) is 15.2 Å². The van der Waals surface area contributed by atoms with Gasteiger partial charge in [0.15, 0.2) is 11.6 Å². The monoisotopic (exact) mass is 296 g/mol. The number of benzene rings is 1. The van der Waals surface area contributed by atoms with E-state index in [0.29, 0.717) is 5.56 Å². The lowest BCUT2D eigenvalue weighted by molar-refractivity contribution is 0.176. The molecule has 1 aliphatic rings. The van der Waals surface area contributed by atoms with Crippen LogP contribution in [0.1, 0.15) is 18.0 Å². The number of hydrazine groups is 1. The van der Waals surface area contributed by atoms with Crippen molar-refractivity contribution in [2.45, 2.75) is 18.5 Å². The number of methoxy groups -OCH3 is 1. The summed E-state index contributed by atoms with van der Waals surface area (Å²) in [6.07, 6.45) is 1.10. The average molecular weight is 296 g/mol. The minimum atomic E-state index is -0.344. The minimum absolute atomic E-state index is 0.101. The van der Waals surface area contributed by atoms with Crippen molar-refractivity contribution in [3.63, 3.8) is 0 Å². The number of likely N-dealkylation sites (N-methyl/N-ethyl adjacent to an activating group) is 2. The second-order valence-corrected chi connectivity index (χ2v) is 5.67. The molecular formula is C15H25FN4O. The number of halogens is 1. The maximum absolute atomic E-state index is 14.5. The quantitative estimate of drug-likeness (QED) is 0.641. The Bertz CT molecular complexity index is 471. The van der Waals surface area contributed by atoms with Gasteiger partial charge in [-0.1, -0.05) is 12.1 Å². The van der Waals surface area contributed by atoms with Crippen LogP contribution in [0, 0.1) is 5.82 Å². The summed E-state index contributed by atoms with van der Waals surface area (Å²) in [5.41, 5.74) is 3.34. The van der Waals surface area contributed by atoms with Crippen molar-refractivity contribution in [3.05, 3.63) is 29.6 Å². The van der Waals surface area contributed by atoms with E-state index < -0.39 is 0 Å². The van der Waals surface area contributed by atoms with Gasteiger partial charge < -0.3 is 14.5 Å². The van der Waals surface area contributed by atoms with Crippen molar-refractivity contribution < 1.29 is 9.13 Å². The second-order valence-electron chi connectivity index (χ2n) is 5.67. The van der Waals surface area contributed by atoms with Crippen LogP contribution in [0.15, 0.2) is 18.2 Å². The fourth-order valence-electron chi connectivity index (χ4n) is 3.00. The van der Waals surface area contributed by atoms with Gasteiger partial charge in [0.2, 0.25) is 0 Å². The molecule has 0 amide bonds. The van der Waals surface area contributed by atoms with Crippen LogP contribution in [0.25, 0.3) is 0 Å². The maximum atomic E-state index is 14.5. The summed E-state index contributed by atoms with van der Waals surface area (Å²) in [5, 5.41) is 0. The number of hydrogen-bond donors (Lipinski definition) is 2. The van der Waals surface area contributed by atoms with Gasteiger partial charge in [-0.3, -0.25) is 11.3 Å². The highest BCUT2D eigenvalue weighted by atomic mass is 19.1. The van der Waals surface area contributed by atoms with Gasteiger partial charge in [0.05, 0.1) is 13.2 Å². The maximum Gasteiger partial charge on any atom is 0.169 e. The molecular weight excluding hydrogens is 271 g/mol. The van der Waals surface area contributed by atoms with Crippen molar-refractivity contribution in [2.24, 2.45) is 5.84 Å². The molecule has 1 fully saturated rings. The van der Waals surface area contributed by atoms with E-state index in [0.717, 1.165) is 26.1 Å². The number of ether oxygens (including phenoxy) is 1. The zero-order chi connectivity index (χ0) is 15.4. The van der Waals surface area contributed by atoms with Gasteiger partial charge in [-0.05, 0) is 39.7 Å². The molecule has 1 aliphatic heterocycles. The predicted molar refractivity (Wildman–Crippen MR) is 81.5 cm³/mol. The third-order valence-corrected chi connectivity index (χ3v) is 4.23. The lowest BCUT2D eigenvalue weighted by Crippen LogP contribution is -2.49. The topological polar surface area (TPSA) is 53.8 Å². The van der Waals surface area contributed by atoms with Crippen molar-refractivity contribution in [2.75, 3.05) is 40.8 Å². The number of rotatable bonds is 4. The number of nitrogens with two attached hydrogens (primary N) is 1. The van der Waals surface area contributed by atoms with Crippen LogP contribution < -0.4 is 16.0 Å². The lowest BCUT2D eigenvalue weighted by atomic mass is 9.97. The third-order valence-electron chi connectivity index (χ3n) is 4.23. The Labute approximate surface area is 125 Å². The second kappa shape index (κ2) is 7.17. The summed E-state index contributed by atoms with van der Waals surface area (Å²) in [6.45, 7) is 2.85. The van der Waals surface area contributed by atoms with Gasteiger partial charge in [-0.15, -0.1) is 0 Å². The summed E-state index contributed by atoms with van der Waals surface area (Å²) in [4.78, 5) is 4.50. The molecule has 0 spiro atoms. The summed E-state index contributed by atoms with van der Waals surface area (Å²) in [5.74, 6) is 5.66. The smallest absolute Gasteiger partial charge is 0.169 e. The van der Waals surface area contributed by atoms with Crippen molar-refractivity contribution >= 4 is 0 Å². The highest BCUT2D eigenvalue weighted by Gasteiger charge is 2.31. The molecule has 0 saturated carbocycles. The van der Waals surface area contributed by atoms with Gasteiger partial charge in [-0.25, -0.2) is 4.39 Å². The molecule has 2 rings (SSSR count). The van der Waals surface area contributed by atoms with E-state index in [1.54, 1.807) is 18.2 Å². The van der Waals surface area contributed by atoms with Crippen molar-refractivity contribution in [3.8, 4) is 5.75 Å². The Morgan fingerprint density at radius 1 is 1.38 bits per heavy atom. The van der Waals surface area contributed by atoms with Crippen LogP contribution in [0.3, 0.4) is 0 Å². The lowest BCUT2D eigenvalue weighted by Gasteiger charge is -2.34. The Hall–Kier alpha value is -1.21. The van der Waals surface area contributed by atoms with Crippen LogP contribution in [0.5, 0.6) is 5.75 Å². The molecule has 0 bridgehead atoms. The molecule has 2 atom stereocenters. The van der Waals surface area contributed by atoms with E-state index in [4.69, 9.17) is 10.6 Å². The SMILES string of the molecule is COc1cccc(C(NN)C2CN(C)CCCN2C)c1F. The first kappa shape index (κ1) is 16.2. The van der Waals surface area contributed by atoms with Gasteiger partial charge >= 0.3 is 0 Å². The molecule has 5 nitrogen and oxygen atoms in total. The van der Waals surface area contributed by atoms with E-state index in [9.17, 15) is 4.39 Å².